The number of ether oxygens (including phenoxy) is 1. The molecule has 4 rings (SSSR count). The standard InChI is InChI=1S/C17H24N2O3/c1-11-4-7-15(22-11)14-3-2-9-19(14)17(20)18-13-8-10-21-16(13)12-5-6-12/h4,7,12-14,16H,2-3,5-6,8-10H2,1H3,(H,18,20). The van der Waals surface area contributed by atoms with E-state index in [9.17, 15) is 4.79 Å². The van der Waals surface area contributed by atoms with Gasteiger partial charge in [0, 0.05) is 13.2 Å². The van der Waals surface area contributed by atoms with Gasteiger partial charge in [-0.05, 0) is 57.1 Å². The zero-order chi connectivity index (χ0) is 15.1. The second-order valence-corrected chi connectivity index (χ2v) is 6.82. The van der Waals surface area contributed by atoms with Gasteiger partial charge in [-0.3, -0.25) is 0 Å². The smallest absolute Gasteiger partial charge is 0.318 e. The first kappa shape index (κ1) is 14.1. The number of furan rings is 1. The van der Waals surface area contributed by atoms with Crippen LogP contribution in [0, 0.1) is 12.8 Å². The van der Waals surface area contributed by atoms with E-state index in [1.54, 1.807) is 0 Å². The number of aryl methyl sites for hydroxylation is 1. The molecule has 3 aliphatic rings. The Bertz CT molecular complexity index is 552. The molecule has 3 atom stereocenters. The molecule has 3 fully saturated rings. The Balaban J connectivity index is 1.42. The van der Waals surface area contributed by atoms with E-state index in [1.807, 2.05) is 24.0 Å². The highest BCUT2D eigenvalue weighted by Crippen LogP contribution is 2.39. The molecule has 0 bridgehead atoms. The van der Waals surface area contributed by atoms with Crippen LogP contribution in [0.4, 0.5) is 4.79 Å². The molecule has 1 aromatic heterocycles. The van der Waals surface area contributed by atoms with Crippen LogP contribution >= 0.6 is 0 Å². The molecule has 2 amide bonds. The highest BCUT2D eigenvalue weighted by molar-refractivity contribution is 5.75. The minimum atomic E-state index is 0.0395. The van der Waals surface area contributed by atoms with Crippen LogP contribution in [0.2, 0.25) is 0 Å². The molecule has 3 unspecified atom stereocenters. The first-order chi connectivity index (χ1) is 10.7. The van der Waals surface area contributed by atoms with Crippen LogP contribution in [-0.2, 0) is 4.74 Å². The Morgan fingerprint density at radius 3 is 2.86 bits per heavy atom. The van der Waals surface area contributed by atoms with Gasteiger partial charge in [-0.1, -0.05) is 0 Å². The van der Waals surface area contributed by atoms with Crippen LogP contribution < -0.4 is 5.32 Å². The molecule has 1 saturated carbocycles. The minimum absolute atomic E-state index is 0.0395. The summed E-state index contributed by atoms with van der Waals surface area (Å²) >= 11 is 0. The zero-order valence-corrected chi connectivity index (χ0v) is 13.1. The third-order valence-corrected chi connectivity index (χ3v) is 5.13. The number of nitrogens with zero attached hydrogens (tertiary/aromatic N) is 1. The highest BCUT2D eigenvalue weighted by atomic mass is 16.5. The molecule has 1 aliphatic carbocycles. The number of carbonyl (C=O) groups excluding carboxylic acids is 1. The monoisotopic (exact) mass is 304 g/mol. The van der Waals surface area contributed by atoms with Gasteiger partial charge in [-0.2, -0.15) is 0 Å². The Morgan fingerprint density at radius 1 is 1.27 bits per heavy atom. The van der Waals surface area contributed by atoms with Gasteiger partial charge < -0.3 is 19.4 Å². The molecule has 0 radical (unpaired) electrons. The molecule has 1 aromatic rings. The molecule has 22 heavy (non-hydrogen) atoms. The van der Waals surface area contributed by atoms with E-state index in [2.05, 4.69) is 5.32 Å². The normalized spacial score (nSPS) is 31.7. The highest BCUT2D eigenvalue weighted by Gasteiger charge is 2.42. The van der Waals surface area contributed by atoms with Gasteiger partial charge in [-0.15, -0.1) is 0 Å². The maximum atomic E-state index is 12.7. The average molecular weight is 304 g/mol. The molecule has 5 nitrogen and oxygen atoms in total. The van der Waals surface area contributed by atoms with Crippen LogP contribution in [0.5, 0.6) is 0 Å². The third kappa shape index (κ3) is 2.62. The van der Waals surface area contributed by atoms with Crippen LogP contribution in [0.3, 0.4) is 0 Å². The van der Waals surface area contributed by atoms with Crippen molar-refractivity contribution in [1.29, 1.82) is 0 Å². The molecule has 3 heterocycles. The third-order valence-electron chi connectivity index (χ3n) is 5.13. The molecular weight excluding hydrogens is 280 g/mol. The summed E-state index contributed by atoms with van der Waals surface area (Å²) < 4.78 is 11.6. The first-order valence-corrected chi connectivity index (χ1v) is 8.47. The minimum Gasteiger partial charge on any atom is -0.464 e. The lowest BCUT2D eigenvalue weighted by atomic mass is 10.1. The van der Waals surface area contributed by atoms with Crippen LogP contribution in [0.25, 0.3) is 0 Å². The Morgan fingerprint density at radius 2 is 2.14 bits per heavy atom. The maximum absolute atomic E-state index is 12.7. The summed E-state index contributed by atoms with van der Waals surface area (Å²) in [6, 6.07) is 4.27. The topological polar surface area (TPSA) is 54.7 Å². The van der Waals surface area contributed by atoms with Crippen molar-refractivity contribution in [3.63, 3.8) is 0 Å². The van der Waals surface area contributed by atoms with Gasteiger partial charge in [0.05, 0.1) is 18.2 Å². The summed E-state index contributed by atoms with van der Waals surface area (Å²) in [4.78, 5) is 14.6. The maximum Gasteiger partial charge on any atom is 0.318 e. The van der Waals surface area contributed by atoms with E-state index in [0.29, 0.717) is 5.92 Å². The number of rotatable bonds is 3. The average Bonchev–Trinajstić information content (AvgIpc) is 2.93. The predicted molar refractivity (Wildman–Crippen MR) is 81.5 cm³/mol. The van der Waals surface area contributed by atoms with Crippen LogP contribution in [0.1, 0.15) is 49.7 Å². The van der Waals surface area contributed by atoms with Crippen LogP contribution in [-0.4, -0.2) is 36.2 Å². The lowest BCUT2D eigenvalue weighted by molar-refractivity contribution is 0.0806. The molecule has 0 spiro atoms. The van der Waals surface area contributed by atoms with E-state index in [0.717, 1.165) is 43.9 Å². The summed E-state index contributed by atoms with van der Waals surface area (Å²) in [7, 11) is 0. The van der Waals surface area contributed by atoms with Crippen molar-refractivity contribution < 1.29 is 13.9 Å². The quantitative estimate of drug-likeness (QED) is 0.934. The number of carbonyl (C=O) groups is 1. The summed E-state index contributed by atoms with van der Waals surface area (Å²) in [6.07, 6.45) is 5.67. The van der Waals surface area contributed by atoms with Gasteiger partial charge in [0.25, 0.3) is 0 Å². The van der Waals surface area contributed by atoms with Gasteiger partial charge in [-0.25, -0.2) is 4.79 Å². The zero-order valence-electron chi connectivity index (χ0n) is 13.1. The lowest BCUT2D eigenvalue weighted by Crippen LogP contribution is -2.47. The number of urea groups is 1. The van der Waals surface area contributed by atoms with E-state index < -0.39 is 0 Å². The van der Waals surface area contributed by atoms with E-state index in [-0.39, 0.29) is 24.2 Å². The van der Waals surface area contributed by atoms with Crippen molar-refractivity contribution >= 4 is 6.03 Å². The van der Waals surface area contributed by atoms with Crippen molar-refractivity contribution in [3.8, 4) is 0 Å². The summed E-state index contributed by atoms with van der Waals surface area (Å²) in [5.74, 6) is 2.47. The van der Waals surface area contributed by atoms with Crippen molar-refractivity contribution in [2.24, 2.45) is 5.92 Å². The van der Waals surface area contributed by atoms with Crippen molar-refractivity contribution in [2.45, 2.75) is 57.2 Å². The van der Waals surface area contributed by atoms with Crippen LogP contribution in [0.15, 0.2) is 16.5 Å². The van der Waals surface area contributed by atoms with Crippen molar-refractivity contribution in [1.82, 2.24) is 10.2 Å². The molecule has 120 valence electrons. The Hall–Kier alpha value is -1.49. The molecule has 0 aromatic carbocycles. The number of hydrogen-bond donors (Lipinski definition) is 1. The van der Waals surface area contributed by atoms with Gasteiger partial charge in [0.1, 0.15) is 11.5 Å². The van der Waals surface area contributed by atoms with E-state index in [1.165, 1.54) is 12.8 Å². The number of amides is 2. The first-order valence-electron chi connectivity index (χ1n) is 8.47. The predicted octanol–water partition coefficient (Wildman–Crippen LogP) is 3.00. The molecule has 2 saturated heterocycles. The second kappa shape index (κ2) is 5.61. The second-order valence-electron chi connectivity index (χ2n) is 6.82. The number of hydrogen-bond acceptors (Lipinski definition) is 3. The lowest BCUT2D eigenvalue weighted by Gasteiger charge is -2.27. The molecular formula is C17H24N2O3. The largest absolute Gasteiger partial charge is 0.464 e. The van der Waals surface area contributed by atoms with Gasteiger partial charge in [0.15, 0.2) is 0 Å². The Kier molecular flexibility index (Phi) is 3.60. The van der Waals surface area contributed by atoms with E-state index in [4.69, 9.17) is 9.15 Å². The van der Waals surface area contributed by atoms with Crippen molar-refractivity contribution in [2.75, 3.05) is 13.2 Å². The van der Waals surface area contributed by atoms with E-state index >= 15 is 0 Å². The number of likely N-dealkylation sites (tertiary alicyclic amines) is 1. The van der Waals surface area contributed by atoms with Gasteiger partial charge in [0.2, 0.25) is 0 Å². The van der Waals surface area contributed by atoms with Gasteiger partial charge >= 0.3 is 6.03 Å². The fourth-order valence-corrected chi connectivity index (χ4v) is 3.83. The van der Waals surface area contributed by atoms with Crippen molar-refractivity contribution in [3.05, 3.63) is 23.7 Å². The summed E-state index contributed by atoms with van der Waals surface area (Å²) in [5, 5.41) is 3.22. The fourth-order valence-electron chi connectivity index (χ4n) is 3.83. The summed E-state index contributed by atoms with van der Waals surface area (Å²) in [5.41, 5.74) is 0. The molecule has 5 heteroatoms. The summed E-state index contributed by atoms with van der Waals surface area (Å²) in [6.45, 7) is 3.52. The fraction of sp³-hybridized carbons (Fsp3) is 0.706. The number of nitrogens with one attached hydrogen (secondary N) is 1. The Labute approximate surface area is 131 Å². The SMILES string of the molecule is Cc1ccc(C2CCCN2C(=O)NC2CCOC2C2CC2)o1. The molecule has 1 N–H and O–H groups in total. The molecule has 2 aliphatic heterocycles.